The Bertz CT molecular complexity index is 648. The zero-order valence-corrected chi connectivity index (χ0v) is 13.3. The summed E-state index contributed by atoms with van der Waals surface area (Å²) in [6, 6.07) is 11.5. The molecule has 0 unspecified atom stereocenters. The first-order chi connectivity index (χ1) is 10.5. The summed E-state index contributed by atoms with van der Waals surface area (Å²) in [5, 5.41) is 3.17. The molecule has 1 heterocycles. The summed E-state index contributed by atoms with van der Waals surface area (Å²) < 4.78 is 0. The highest BCUT2D eigenvalue weighted by Crippen LogP contribution is 2.22. The number of carbonyl (C=O) groups is 1. The number of carbonyl (C=O) groups excluding carboxylic acids is 1. The Morgan fingerprint density at radius 3 is 2.32 bits per heavy atom. The SMILES string of the molecule is CCN(CC)c1ccc(Nc2nc(C)ccc2C(N)=O)cc1. The molecular formula is C17H22N4O. The second kappa shape index (κ2) is 6.93. The maximum atomic E-state index is 11.5. The highest BCUT2D eigenvalue weighted by atomic mass is 16.1. The van der Waals surface area contributed by atoms with Gasteiger partial charge >= 0.3 is 0 Å². The van der Waals surface area contributed by atoms with Gasteiger partial charge in [0.1, 0.15) is 5.82 Å². The van der Waals surface area contributed by atoms with Crippen molar-refractivity contribution in [2.24, 2.45) is 5.73 Å². The van der Waals surface area contributed by atoms with Gasteiger partial charge in [0.15, 0.2) is 0 Å². The number of hydrogen-bond acceptors (Lipinski definition) is 4. The van der Waals surface area contributed by atoms with Crippen LogP contribution in [0.15, 0.2) is 36.4 Å². The fourth-order valence-corrected chi connectivity index (χ4v) is 2.33. The molecule has 22 heavy (non-hydrogen) atoms. The van der Waals surface area contributed by atoms with Gasteiger partial charge in [0.05, 0.1) is 5.56 Å². The third-order valence-electron chi connectivity index (χ3n) is 3.56. The molecule has 0 saturated heterocycles. The van der Waals surface area contributed by atoms with Crippen LogP contribution in [0.4, 0.5) is 17.2 Å². The van der Waals surface area contributed by atoms with Crippen LogP contribution >= 0.6 is 0 Å². The molecule has 0 fully saturated rings. The van der Waals surface area contributed by atoms with E-state index in [1.807, 2.05) is 19.1 Å². The van der Waals surface area contributed by atoms with E-state index in [0.29, 0.717) is 11.4 Å². The van der Waals surface area contributed by atoms with Gasteiger partial charge in [-0.2, -0.15) is 0 Å². The van der Waals surface area contributed by atoms with E-state index in [2.05, 4.69) is 41.2 Å². The first-order valence-electron chi connectivity index (χ1n) is 7.44. The highest BCUT2D eigenvalue weighted by molar-refractivity contribution is 5.98. The smallest absolute Gasteiger partial charge is 0.252 e. The molecule has 5 heteroatoms. The van der Waals surface area contributed by atoms with Crippen molar-refractivity contribution in [2.45, 2.75) is 20.8 Å². The number of primary amides is 1. The van der Waals surface area contributed by atoms with Gasteiger partial charge in [-0.15, -0.1) is 0 Å². The Hall–Kier alpha value is -2.56. The summed E-state index contributed by atoms with van der Waals surface area (Å²) in [7, 11) is 0. The summed E-state index contributed by atoms with van der Waals surface area (Å²) in [6.07, 6.45) is 0. The molecule has 5 nitrogen and oxygen atoms in total. The Labute approximate surface area is 131 Å². The van der Waals surface area contributed by atoms with E-state index in [1.54, 1.807) is 12.1 Å². The maximum Gasteiger partial charge on any atom is 0.252 e. The van der Waals surface area contributed by atoms with Gasteiger partial charge in [0, 0.05) is 30.2 Å². The third-order valence-corrected chi connectivity index (χ3v) is 3.56. The lowest BCUT2D eigenvalue weighted by atomic mass is 10.2. The average Bonchev–Trinajstić information content (AvgIpc) is 2.50. The van der Waals surface area contributed by atoms with E-state index in [4.69, 9.17) is 5.73 Å². The lowest BCUT2D eigenvalue weighted by molar-refractivity contribution is 0.100. The number of hydrogen-bond donors (Lipinski definition) is 2. The number of anilines is 3. The van der Waals surface area contributed by atoms with Crippen molar-refractivity contribution in [1.82, 2.24) is 4.98 Å². The molecule has 0 aliphatic carbocycles. The van der Waals surface area contributed by atoms with Crippen LogP contribution in [-0.2, 0) is 0 Å². The van der Waals surface area contributed by atoms with Gasteiger partial charge in [0.25, 0.3) is 5.91 Å². The van der Waals surface area contributed by atoms with Gasteiger partial charge in [-0.05, 0) is 57.2 Å². The van der Waals surface area contributed by atoms with Crippen molar-refractivity contribution in [2.75, 3.05) is 23.3 Å². The van der Waals surface area contributed by atoms with Crippen molar-refractivity contribution in [3.8, 4) is 0 Å². The summed E-state index contributed by atoms with van der Waals surface area (Å²) in [4.78, 5) is 18.1. The number of aryl methyl sites for hydroxylation is 1. The molecule has 2 rings (SSSR count). The second-order valence-corrected chi connectivity index (χ2v) is 5.06. The van der Waals surface area contributed by atoms with Crippen LogP contribution in [0.1, 0.15) is 29.9 Å². The van der Waals surface area contributed by atoms with Crippen LogP contribution in [0.2, 0.25) is 0 Å². The molecule has 116 valence electrons. The van der Waals surface area contributed by atoms with Crippen LogP contribution in [0.5, 0.6) is 0 Å². The maximum absolute atomic E-state index is 11.5. The number of nitrogens with two attached hydrogens (primary N) is 1. The van der Waals surface area contributed by atoms with Gasteiger partial charge in [0.2, 0.25) is 0 Å². The zero-order chi connectivity index (χ0) is 16.1. The Morgan fingerprint density at radius 2 is 1.77 bits per heavy atom. The van der Waals surface area contributed by atoms with Crippen molar-refractivity contribution in [1.29, 1.82) is 0 Å². The van der Waals surface area contributed by atoms with E-state index in [0.717, 1.165) is 24.5 Å². The van der Waals surface area contributed by atoms with Crippen molar-refractivity contribution in [3.05, 3.63) is 47.7 Å². The molecule has 0 aliphatic rings. The topological polar surface area (TPSA) is 71.2 Å². The normalized spacial score (nSPS) is 10.3. The standard InChI is InChI=1S/C17H22N4O/c1-4-21(5-2)14-9-7-13(8-10-14)20-17-15(16(18)22)11-6-12(3)19-17/h6-11H,4-5H2,1-3H3,(H2,18,22)(H,19,20). The van der Waals surface area contributed by atoms with Gasteiger partial charge in [-0.1, -0.05) is 0 Å². The molecule has 0 radical (unpaired) electrons. The van der Waals surface area contributed by atoms with Crippen LogP contribution in [-0.4, -0.2) is 24.0 Å². The van der Waals surface area contributed by atoms with Gasteiger partial charge in [-0.3, -0.25) is 4.79 Å². The van der Waals surface area contributed by atoms with E-state index >= 15 is 0 Å². The number of amides is 1. The lowest BCUT2D eigenvalue weighted by Gasteiger charge is -2.21. The number of nitrogens with one attached hydrogen (secondary N) is 1. The molecule has 0 spiro atoms. The minimum Gasteiger partial charge on any atom is -0.372 e. The fraction of sp³-hybridized carbons (Fsp3) is 0.294. The summed E-state index contributed by atoms with van der Waals surface area (Å²) in [5.74, 6) is -0.00199. The van der Waals surface area contributed by atoms with Crippen LogP contribution < -0.4 is 16.0 Å². The third kappa shape index (κ3) is 3.55. The fourth-order valence-electron chi connectivity index (χ4n) is 2.33. The quantitative estimate of drug-likeness (QED) is 0.859. The predicted octanol–water partition coefficient (Wildman–Crippen LogP) is 3.08. The number of nitrogens with zero attached hydrogens (tertiary/aromatic N) is 2. The predicted molar refractivity (Wildman–Crippen MR) is 90.8 cm³/mol. The molecule has 2 aromatic rings. The molecule has 1 amide bonds. The first kappa shape index (κ1) is 15.8. The molecule has 0 bridgehead atoms. The Morgan fingerprint density at radius 1 is 1.14 bits per heavy atom. The van der Waals surface area contributed by atoms with E-state index in [9.17, 15) is 4.79 Å². The van der Waals surface area contributed by atoms with E-state index in [1.165, 1.54) is 5.69 Å². The molecule has 0 aliphatic heterocycles. The zero-order valence-electron chi connectivity index (χ0n) is 13.3. The highest BCUT2D eigenvalue weighted by Gasteiger charge is 2.10. The Balaban J connectivity index is 2.24. The van der Waals surface area contributed by atoms with Crippen LogP contribution in [0.3, 0.4) is 0 Å². The van der Waals surface area contributed by atoms with E-state index < -0.39 is 5.91 Å². The largest absolute Gasteiger partial charge is 0.372 e. The number of rotatable bonds is 6. The lowest BCUT2D eigenvalue weighted by Crippen LogP contribution is -2.21. The molecule has 3 N–H and O–H groups in total. The van der Waals surface area contributed by atoms with Crippen molar-refractivity contribution < 1.29 is 4.79 Å². The minimum absolute atomic E-state index is 0.387. The summed E-state index contributed by atoms with van der Waals surface area (Å²) in [5.41, 5.74) is 8.65. The number of benzene rings is 1. The number of aromatic nitrogens is 1. The number of pyridine rings is 1. The average molecular weight is 298 g/mol. The molecule has 1 aromatic heterocycles. The molecule has 1 aromatic carbocycles. The van der Waals surface area contributed by atoms with Gasteiger partial charge in [-0.25, -0.2) is 4.98 Å². The Kier molecular flexibility index (Phi) is 4.99. The summed E-state index contributed by atoms with van der Waals surface area (Å²) in [6.45, 7) is 8.07. The van der Waals surface area contributed by atoms with Crippen molar-refractivity contribution in [3.63, 3.8) is 0 Å². The molecular weight excluding hydrogens is 276 g/mol. The minimum atomic E-state index is -0.491. The van der Waals surface area contributed by atoms with Crippen molar-refractivity contribution >= 4 is 23.1 Å². The van der Waals surface area contributed by atoms with Gasteiger partial charge < -0.3 is 16.0 Å². The first-order valence-corrected chi connectivity index (χ1v) is 7.44. The van der Waals surface area contributed by atoms with Crippen LogP contribution in [0, 0.1) is 6.92 Å². The van der Waals surface area contributed by atoms with Crippen LogP contribution in [0.25, 0.3) is 0 Å². The molecule has 0 saturated carbocycles. The summed E-state index contributed by atoms with van der Waals surface area (Å²) >= 11 is 0. The second-order valence-electron chi connectivity index (χ2n) is 5.06. The van der Waals surface area contributed by atoms with E-state index in [-0.39, 0.29) is 0 Å². The molecule has 0 atom stereocenters. The monoisotopic (exact) mass is 298 g/mol.